The molecule has 3 aliphatic rings. The molecule has 0 aromatic heterocycles. The fourth-order valence-electron chi connectivity index (χ4n) is 10.7. The van der Waals surface area contributed by atoms with Crippen molar-refractivity contribution >= 4 is 5.91 Å². The van der Waals surface area contributed by atoms with Crippen LogP contribution in [0.1, 0.15) is 213 Å². The van der Waals surface area contributed by atoms with Crippen LogP contribution in [-0.4, -0.2) is 193 Å². The van der Waals surface area contributed by atoms with Crippen LogP contribution >= 0.6 is 0 Å². The lowest BCUT2D eigenvalue weighted by Gasteiger charge is -2.48. The first-order valence-corrected chi connectivity index (χ1v) is 31.9. The fourth-order valence-corrected chi connectivity index (χ4v) is 10.7. The van der Waals surface area contributed by atoms with Crippen molar-refractivity contribution in [3.05, 3.63) is 48.6 Å². The molecule has 0 aromatic carbocycles. The second kappa shape index (κ2) is 46.0. The van der Waals surface area contributed by atoms with E-state index >= 15 is 0 Å². The molecule has 19 heteroatoms. The molecule has 3 rings (SSSR count). The van der Waals surface area contributed by atoms with Crippen LogP contribution in [0.2, 0.25) is 0 Å². The van der Waals surface area contributed by atoms with Crippen molar-refractivity contribution in [1.29, 1.82) is 0 Å². The Labute approximate surface area is 491 Å². The summed E-state index contributed by atoms with van der Waals surface area (Å²) in [5, 5.41) is 120. The smallest absolute Gasteiger partial charge is 0.220 e. The molecule has 3 heterocycles. The highest BCUT2D eigenvalue weighted by atomic mass is 16.8. The van der Waals surface area contributed by atoms with Crippen LogP contribution in [0.15, 0.2) is 48.6 Å². The predicted octanol–water partition coefficient (Wildman–Crippen LogP) is 6.65. The number of nitrogens with one attached hydrogen (secondary N) is 1. The number of unbranched alkanes of at least 4 members (excludes halogenated alkanes) is 23. The van der Waals surface area contributed by atoms with Gasteiger partial charge in [-0.1, -0.05) is 204 Å². The maximum absolute atomic E-state index is 13.3. The van der Waals surface area contributed by atoms with E-state index in [4.69, 9.17) is 28.4 Å². The summed E-state index contributed by atoms with van der Waals surface area (Å²) in [5.74, 6) is -0.247. The number of hydrogen-bond acceptors (Lipinski definition) is 18. The summed E-state index contributed by atoms with van der Waals surface area (Å²) >= 11 is 0. The summed E-state index contributed by atoms with van der Waals surface area (Å²) in [4.78, 5) is 13.3. The topological polar surface area (TPSA) is 307 Å². The molecule has 0 spiro atoms. The largest absolute Gasteiger partial charge is 0.394 e. The molecule has 0 aliphatic carbocycles. The highest BCUT2D eigenvalue weighted by Gasteiger charge is 2.53. The van der Waals surface area contributed by atoms with E-state index in [1.54, 1.807) is 0 Å². The van der Waals surface area contributed by atoms with Crippen LogP contribution in [-0.2, 0) is 33.2 Å². The van der Waals surface area contributed by atoms with Crippen molar-refractivity contribution in [3.63, 3.8) is 0 Å². The molecule has 0 bridgehead atoms. The Bertz CT molecular complexity index is 1680. The SMILES string of the molecule is CC/C=C\C/C=C\C/C=C\C/C=C\CCCCCCCCCCCCCCCCCCC(=O)NC(COC1OC(CO)C(OC2OC(CO)C(OC3OC(CO)C(O)C(O)C3O)C(O)C2O)C(O)C1O)C(O)CCCCCCCCCC. The van der Waals surface area contributed by atoms with Gasteiger partial charge >= 0.3 is 0 Å². The number of allylic oxidation sites excluding steroid dienone is 8. The van der Waals surface area contributed by atoms with Crippen molar-refractivity contribution in [2.75, 3.05) is 26.4 Å². The Hall–Kier alpha value is -2.25. The first-order chi connectivity index (χ1) is 39.8. The lowest BCUT2D eigenvalue weighted by molar-refractivity contribution is -0.379. The minimum atomic E-state index is -1.97. The first-order valence-electron chi connectivity index (χ1n) is 31.9. The van der Waals surface area contributed by atoms with E-state index < -0.39 is 124 Å². The van der Waals surface area contributed by atoms with Crippen molar-refractivity contribution in [3.8, 4) is 0 Å². The quantitative estimate of drug-likeness (QED) is 0.0224. The van der Waals surface area contributed by atoms with Gasteiger partial charge in [0.05, 0.1) is 38.6 Å². The van der Waals surface area contributed by atoms with E-state index in [2.05, 4.69) is 67.8 Å². The summed E-state index contributed by atoms with van der Waals surface area (Å²) in [6.07, 6.45) is 25.2. The number of ether oxygens (including phenoxy) is 6. The van der Waals surface area contributed by atoms with Gasteiger partial charge in [0.25, 0.3) is 0 Å². The zero-order chi connectivity index (χ0) is 59.7. The highest BCUT2D eigenvalue weighted by Crippen LogP contribution is 2.33. The Morgan fingerprint density at radius 1 is 0.451 bits per heavy atom. The van der Waals surface area contributed by atoms with Crippen molar-refractivity contribution in [2.24, 2.45) is 0 Å². The number of rotatable bonds is 47. The number of aliphatic hydroxyl groups excluding tert-OH is 11. The molecular formula is C63H113NO18. The lowest BCUT2D eigenvalue weighted by Crippen LogP contribution is -2.66. The minimum Gasteiger partial charge on any atom is -0.394 e. The third-order valence-electron chi connectivity index (χ3n) is 15.9. The van der Waals surface area contributed by atoms with Crippen LogP contribution < -0.4 is 5.32 Å². The van der Waals surface area contributed by atoms with Crippen molar-refractivity contribution < 1.29 is 89.4 Å². The second-order valence-corrected chi connectivity index (χ2v) is 22.8. The molecule has 0 aromatic rings. The average Bonchev–Trinajstić information content (AvgIpc) is 3.60. The number of amides is 1. The zero-order valence-electron chi connectivity index (χ0n) is 50.0. The van der Waals surface area contributed by atoms with Gasteiger partial charge in [-0.3, -0.25) is 4.79 Å². The van der Waals surface area contributed by atoms with Crippen LogP contribution in [0, 0.1) is 0 Å². The van der Waals surface area contributed by atoms with E-state index in [-0.39, 0.29) is 18.9 Å². The predicted molar refractivity (Wildman–Crippen MR) is 314 cm³/mol. The van der Waals surface area contributed by atoms with Gasteiger partial charge in [0, 0.05) is 6.42 Å². The maximum atomic E-state index is 13.3. The van der Waals surface area contributed by atoms with Gasteiger partial charge in [0.1, 0.15) is 73.2 Å². The second-order valence-electron chi connectivity index (χ2n) is 22.8. The van der Waals surface area contributed by atoms with E-state index in [9.17, 15) is 61.0 Å². The van der Waals surface area contributed by atoms with E-state index in [0.29, 0.717) is 12.8 Å². The molecule has 17 unspecified atom stereocenters. The monoisotopic (exact) mass is 1170 g/mol. The third kappa shape index (κ3) is 29.0. The summed E-state index contributed by atoms with van der Waals surface area (Å²) in [5.41, 5.74) is 0. The molecule has 1 amide bonds. The van der Waals surface area contributed by atoms with Gasteiger partial charge < -0.3 is 89.9 Å². The summed E-state index contributed by atoms with van der Waals surface area (Å²) in [6, 6.07) is -0.884. The normalized spacial score (nSPS) is 29.9. The van der Waals surface area contributed by atoms with Gasteiger partial charge in [-0.25, -0.2) is 0 Å². The molecule has 19 nitrogen and oxygen atoms in total. The van der Waals surface area contributed by atoms with Crippen molar-refractivity contribution in [1.82, 2.24) is 5.32 Å². The number of hydrogen-bond donors (Lipinski definition) is 12. The number of aliphatic hydroxyl groups is 11. The molecule has 0 saturated carbocycles. The van der Waals surface area contributed by atoms with Gasteiger partial charge in [0.2, 0.25) is 5.91 Å². The molecular weight excluding hydrogens is 1060 g/mol. The van der Waals surface area contributed by atoms with Crippen molar-refractivity contribution in [2.45, 2.75) is 317 Å². The molecule has 82 heavy (non-hydrogen) atoms. The van der Waals surface area contributed by atoms with Crippen LogP contribution in [0.25, 0.3) is 0 Å². The van der Waals surface area contributed by atoms with E-state index in [0.717, 1.165) is 70.6 Å². The molecule has 12 N–H and O–H groups in total. The van der Waals surface area contributed by atoms with Crippen LogP contribution in [0.4, 0.5) is 0 Å². The summed E-state index contributed by atoms with van der Waals surface area (Å²) < 4.78 is 34.2. The van der Waals surface area contributed by atoms with Gasteiger partial charge in [-0.2, -0.15) is 0 Å². The zero-order valence-corrected chi connectivity index (χ0v) is 50.0. The van der Waals surface area contributed by atoms with Crippen LogP contribution in [0.5, 0.6) is 0 Å². The molecule has 3 fully saturated rings. The number of carbonyl (C=O) groups is 1. The average molecular weight is 1170 g/mol. The minimum absolute atomic E-state index is 0.247. The molecule has 0 radical (unpaired) electrons. The Kier molecular flexibility index (Phi) is 41.5. The van der Waals surface area contributed by atoms with Gasteiger partial charge in [-0.05, 0) is 51.4 Å². The van der Waals surface area contributed by atoms with E-state index in [1.165, 1.54) is 109 Å². The Balaban J connectivity index is 1.36. The molecule has 17 atom stereocenters. The standard InChI is InChI=1S/C63H113NO18/c1-3-5-7-9-11-13-14-15-16-17-18-19-20-21-22-23-24-25-26-27-28-29-30-31-32-33-35-37-39-41-51(69)64-46(47(68)40-38-36-34-12-10-8-6-4-2)45-77-61-57(75)54(72)59(49(43-66)79-61)82-63-58(76)55(73)60(50(44-67)80-63)81-62-56(74)53(71)52(70)48(42-65)78-62/h5,7,11,13,15-16,18-19,46-50,52-63,65-68,70-76H,3-4,6,8-10,12,14,17,20-45H2,1-2H3,(H,64,69)/b7-5-,13-11-,16-15-,19-18-. The number of carbonyl (C=O) groups excluding carboxylic acids is 1. The lowest BCUT2D eigenvalue weighted by atomic mass is 9.96. The van der Waals surface area contributed by atoms with E-state index in [1.807, 2.05) is 0 Å². The molecule has 478 valence electrons. The van der Waals surface area contributed by atoms with Gasteiger partial charge in [-0.15, -0.1) is 0 Å². The summed E-state index contributed by atoms with van der Waals surface area (Å²) in [6.45, 7) is 1.63. The third-order valence-corrected chi connectivity index (χ3v) is 15.9. The maximum Gasteiger partial charge on any atom is 0.220 e. The molecule has 3 aliphatic heterocycles. The van der Waals surface area contributed by atoms with Crippen LogP contribution in [0.3, 0.4) is 0 Å². The summed E-state index contributed by atoms with van der Waals surface area (Å²) in [7, 11) is 0. The Morgan fingerprint density at radius 3 is 1.32 bits per heavy atom. The first kappa shape index (κ1) is 74.0. The highest BCUT2D eigenvalue weighted by molar-refractivity contribution is 5.76. The Morgan fingerprint density at radius 2 is 0.841 bits per heavy atom. The van der Waals surface area contributed by atoms with Gasteiger partial charge in [0.15, 0.2) is 18.9 Å². The fraction of sp³-hybridized carbons (Fsp3) is 0.857. The molecule has 3 saturated heterocycles.